The number of carbonyl (C=O) groups excluding carboxylic acids is 1. The Balaban J connectivity index is 1.88. The van der Waals surface area contributed by atoms with Crippen LogP contribution < -0.4 is 5.32 Å². The minimum Gasteiger partial charge on any atom is -0.476 e. The Hall–Kier alpha value is -2.12. The van der Waals surface area contributed by atoms with Gasteiger partial charge < -0.3 is 15.3 Å². The summed E-state index contributed by atoms with van der Waals surface area (Å²) < 4.78 is 1.42. The fraction of sp³-hybridized carbons (Fsp3) is 0.556. The van der Waals surface area contributed by atoms with E-state index in [-0.39, 0.29) is 11.7 Å². The quantitative estimate of drug-likeness (QED) is 0.730. The van der Waals surface area contributed by atoms with Crippen LogP contribution in [0.25, 0.3) is 0 Å². The molecule has 2 heterocycles. The van der Waals surface area contributed by atoms with Crippen LogP contribution >= 0.6 is 0 Å². The summed E-state index contributed by atoms with van der Waals surface area (Å²) in [6.07, 6.45) is 2.27. The summed E-state index contributed by atoms with van der Waals surface area (Å²) in [6.45, 7) is 2.36. The van der Waals surface area contributed by atoms with Crippen molar-refractivity contribution in [2.45, 2.75) is 13.0 Å². The Morgan fingerprint density at radius 1 is 1.53 bits per heavy atom. The van der Waals surface area contributed by atoms with Crippen molar-refractivity contribution in [1.82, 2.24) is 25.2 Å². The highest BCUT2D eigenvalue weighted by molar-refractivity contribution is 5.84. The van der Waals surface area contributed by atoms with E-state index in [9.17, 15) is 9.59 Å². The van der Waals surface area contributed by atoms with Gasteiger partial charge in [0.25, 0.3) is 0 Å². The molecule has 92 valence electrons. The molecule has 1 fully saturated rings. The van der Waals surface area contributed by atoms with E-state index >= 15 is 0 Å². The van der Waals surface area contributed by atoms with Crippen molar-refractivity contribution >= 4 is 12.0 Å². The third kappa shape index (κ3) is 2.71. The molecule has 0 radical (unpaired) electrons. The molecule has 1 saturated heterocycles. The topological polar surface area (TPSA) is 100 Å². The molecule has 0 spiro atoms. The second-order valence-corrected chi connectivity index (χ2v) is 3.74. The molecule has 8 nitrogen and oxygen atoms in total. The van der Waals surface area contributed by atoms with Crippen LogP contribution in [0, 0.1) is 0 Å². The molecule has 1 aliphatic heterocycles. The number of carbonyl (C=O) groups is 2. The molecule has 8 heteroatoms. The standard InChI is InChI=1S/C9H13N5O3/c15-8(16)7-6-14(12-11-7)5-4-13-3-1-2-10-9(13)17/h6H,1-5H2,(H,10,17)(H,15,16). The summed E-state index contributed by atoms with van der Waals surface area (Å²) in [7, 11) is 0. The molecule has 0 unspecified atom stereocenters. The van der Waals surface area contributed by atoms with Gasteiger partial charge in [-0.3, -0.25) is 0 Å². The van der Waals surface area contributed by atoms with Crippen molar-refractivity contribution < 1.29 is 14.7 Å². The zero-order chi connectivity index (χ0) is 12.3. The van der Waals surface area contributed by atoms with Gasteiger partial charge in [0.1, 0.15) is 0 Å². The van der Waals surface area contributed by atoms with Crippen LogP contribution in [-0.4, -0.2) is 56.6 Å². The van der Waals surface area contributed by atoms with Crippen molar-refractivity contribution in [3.8, 4) is 0 Å². The fourth-order valence-corrected chi connectivity index (χ4v) is 1.62. The van der Waals surface area contributed by atoms with Crippen molar-refractivity contribution in [2.24, 2.45) is 0 Å². The van der Waals surface area contributed by atoms with Crippen molar-refractivity contribution in [2.75, 3.05) is 19.6 Å². The first kappa shape index (κ1) is 11.4. The molecule has 1 aromatic heterocycles. The highest BCUT2D eigenvalue weighted by Gasteiger charge is 2.17. The Morgan fingerprint density at radius 2 is 2.35 bits per heavy atom. The molecule has 2 rings (SSSR count). The Morgan fingerprint density at radius 3 is 3.00 bits per heavy atom. The van der Waals surface area contributed by atoms with Gasteiger partial charge in [0, 0.05) is 19.6 Å². The lowest BCUT2D eigenvalue weighted by molar-refractivity contribution is 0.0690. The highest BCUT2D eigenvalue weighted by atomic mass is 16.4. The molecule has 0 aliphatic carbocycles. The number of carboxylic acids is 1. The van der Waals surface area contributed by atoms with Crippen LogP contribution in [-0.2, 0) is 6.54 Å². The molecular formula is C9H13N5O3. The average molecular weight is 239 g/mol. The lowest BCUT2D eigenvalue weighted by Crippen LogP contribution is -2.47. The van der Waals surface area contributed by atoms with Gasteiger partial charge in [0.2, 0.25) is 0 Å². The van der Waals surface area contributed by atoms with Gasteiger partial charge in [0.05, 0.1) is 12.7 Å². The minimum atomic E-state index is -1.10. The number of nitrogens with one attached hydrogen (secondary N) is 1. The summed E-state index contributed by atoms with van der Waals surface area (Å²) in [5, 5.41) is 18.6. The summed E-state index contributed by atoms with van der Waals surface area (Å²) in [6, 6.07) is -0.0881. The largest absolute Gasteiger partial charge is 0.476 e. The number of carboxylic acid groups (broad SMARTS) is 1. The maximum atomic E-state index is 11.4. The Kier molecular flexibility index (Phi) is 3.22. The van der Waals surface area contributed by atoms with E-state index in [1.54, 1.807) is 4.90 Å². The Labute approximate surface area is 97.2 Å². The van der Waals surface area contributed by atoms with E-state index in [0.29, 0.717) is 26.2 Å². The van der Waals surface area contributed by atoms with Gasteiger partial charge in [0.15, 0.2) is 5.69 Å². The molecule has 1 aliphatic rings. The van der Waals surface area contributed by atoms with Gasteiger partial charge in [-0.05, 0) is 6.42 Å². The summed E-state index contributed by atoms with van der Waals surface area (Å²) in [5.74, 6) is -1.10. The summed E-state index contributed by atoms with van der Waals surface area (Å²) in [5.41, 5.74) is -0.0897. The maximum absolute atomic E-state index is 11.4. The van der Waals surface area contributed by atoms with Crippen LogP contribution in [0.2, 0.25) is 0 Å². The number of aromatic nitrogens is 3. The fourth-order valence-electron chi connectivity index (χ4n) is 1.62. The molecule has 0 atom stereocenters. The lowest BCUT2D eigenvalue weighted by atomic mass is 10.3. The molecule has 0 saturated carbocycles. The predicted molar refractivity (Wildman–Crippen MR) is 56.6 cm³/mol. The van der Waals surface area contributed by atoms with E-state index in [2.05, 4.69) is 15.6 Å². The second kappa shape index (κ2) is 4.81. The molecular weight excluding hydrogens is 226 g/mol. The number of hydrogen-bond donors (Lipinski definition) is 2. The SMILES string of the molecule is O=C(O)c1cn(CCN2CCCNC2=O)nn1. The van der Waals surface area contributed by atoms with Gasteiger partial charge in [-0.25, -0.2) is 14.3 Å². The second-order valence-electron chi connectivity index (χ2n) is 3.74. The molecule has 17 heavy (non-hydrogen) atoms. The van der Waals surface area contributed by atoms with Crippen LogP contribution in [0.4, 0.5) is 4.79 Å². The Bertz CT molecular complexity index is 430. The number of nitrogens with zero attached hydrogens (tertiary/aromatic N) is 4. The van der Waals surface area contributed by atoms with Gasteiger partial charge >= 0.3 is 12.0 Å². The molecule has 2 N–H and O–H groups in total. The van der Waals surface area contributed by atoms with E-state index in [4.69, 9.17) is 5.11 Å². The first-order valence-electron chi connectivity index (χ1n) is 5.33. The lowest BCUT2D eigenvalue weighted by Gasteiger charge is -2.27. The predicted octanol–water partition coefficient (Wildman–Crippen LogP) is -0.608. The van der Waals surface area contributed by atoms with Gasteiger partial charge in [-0.15, -0.1) is 5.10 Å². The minimum absolute atomic E-state index is 0.0881. The molecule has 1 aromatic rings. The normalized spacial score (nSPS) is 15.8. The van der Waals surface area contributed by atoms with Crippen molar-refractivity contribution in [1.29, 1.82) is 0 Å². The average Bonchev–Trinajstić information content (AvgIpc) is 2.77. The monoisotopic (exact) mass is 239 g/mol. The van der Waals surface area contributed by atoms with E-state index in [1.807, 2.05) is 0 Å². The third-order valence-corrected chi connectivity index (χ3v) is 2.53. The molecule has 0 bridgehead atoms. The zero-order valence-electron chi connectivity index (χ0n) is 9.17. The highest BCUT2D eigenvalue weighted by Crippen LogP contribution is 2.00. The van der Waals surface area contributed by atoms with E-state index < -0.39 is 5.97 Å². The van der Waals surface area contributed by atoms with Crippen LogP contribution in [0.15, 0.2) is 6.20 Å². The first-order valence-corrected chi connectivity index (χ1v) is 5.33. The van der Waals surface area contributed by atoms with Gasteiger partial charge in [-0.2, -0.15) is 0 Å². The zero-order valence-corrected chi connectivity index (χ0v) is 9.17. The van der Waals surface area contributed by atoms with E-state index in [1.165, 1.54) is 10.9 Å². The molecule has 2 amide bonds. The molecule has 0 aromatic carbocycles. The summed E-state index contributed by atoms with van der Waals surface area (Å²) in [4.78, 5) is 23.7. The number of urea groups is 1. The first-order chi connectivity index (χ1) is 8.16. The number of hydrogen-bond acceptors (Lipinski definition) is 4. The maximum Gasteiger partial charge on any atom is 0.358 e. The van der Waals surface area contributed by atoms with Crippen LogP contribution in [0.1, 0.15) is 16.9 Å². The smallest absolute Gasteiger partial charge is 0.358 e. The third-order valence-electron chi connectivity index (χ3n) is 2.53. The van der Waals surface area contributed by atoms with Crippen LogP contribution in [0.3, 0.4) is 0 Å². The number of amides is 2. The van der Waals surface area contributed by atoms with Crippen LogP contribution in [0.5, 0.6) is 0 Å². The van der Waals surface area contributed by atoms with Gasteiger partial charge in [-0.1, -0.05) is 5.21 Å². The van der Waals surface area contributed by atoms with Crippen molar-refractivity contribution in [3.05, 3.63) is 11.9 Å². The number of rotatable bonds is 4. The van der Waals surface area contributed by atoms with Crippen molar-refractivity contribution in [3.63, 3.8) is 0 Å². The number of aromatic carboxylic acids is 1. The summed E-state index contributed by atoms with van der Waals surface area (Å²) >= 11 is 0. The van der Waals surface area contributed by atoms with E-state index in [0.717, 1.165) is 6.42 Å².